The lowest BCUT2D eigenvalue weighted by atomic mass is 10.1. The van der Waals surface area contributed by atoms with E-state index < -0.39 is 11.8 Å². The Morgan fingerprint density at radius 2 is 2.12 bits per heavy atom. The summed E-state index contributed by atoms with van der Waals surface area (Å²) in [6, 6.07) is 1.45. The van der Waals surface area contributed by atoms with Gasteiger partial charge in [0.15, 0.2) is 11.5 Å². The second-order valence-corrected chi connectivity index (χ2v) is 4.09. The second-order valence-electron chi connectivity index (χ2n) is 3.29. The van der Waals surface area contributed by atoms with Gasteiger partial charge in [0.05, 0.1) is 18.7 Å². The SMILES string of the molecule is COc1cc(CCC(=O)O)c(F)c(Br)c1OC. The van der Waals surface area contributed by atoms with Gasteiger partial charge in [0.1, 0.15) is 5.82 Å². The van der Waals surface area contributed by atoms with Crippen LogP contribution in [0.15, 0.2) is 10.5 Å². The first-order valence-corrected chi connectivity index (χ1v) is 5.61. The molecule has 1 rings (SSSR count). The zero-order chi connectivity index (χ0) is 13.0. The van der Waals surface area contributed by atoms with Gasteiger partial charge in [0.2, 0.25) is 0 Å². The van der Waals surface area contributed by atoms with Crippen molar-refractivity contribution in [2.24, 2.45) is 0 Å². The number of aryl methyl sites for hydroxylation is 1. The first-order chi connectivity index (χ1) is 8.01. The standard InChI is InChI=1S/C11H12BrFO4/c1-16-7-5-6(3-4-8(14)15)10(13)9(12)11(7)17-2/h5H,3-4H2,1-2H3,(H,14,15). The molecule has 0 spiro atoms. The first-order valence-electron chi connectivity index (χ1n) is 4.81. The highest BCUT2D eigenvalue weighted by molar-refractivity contribution is 9.10. The van der Waals surface area contributed by atoms with Crippen LogP contribution in [-0.2, 0) is 11.2 Å². The normalized spacial score (nSPS) is 10.1. The van der Waals surface area contributed by atoms with Gasteiger partial charge in [-0.2, -0.15) is 0 Å². The number of methoxy groups -OCH3 is 2. The number of carbonyl (C=O) groups is 1. The average molecular weight is 307 g/mol. The van der Waals surface area contributed by atoms with Crippen LogP contribution >= 0.6 is 15.9 Å². The fourth-order valence-electron chi connectivity index (χ4n) is 1.40. The highest BCUT2D eigenvalue weighted by Gasteiger charge is 2.18. The zero-order valence-electron chi connectivity index (χ0n) is 9.42. The van der Waals surface area contributed by atoms with E-state index in [2.05, 4.69) is 15.9 Å². The Balaban J connectivity index is 3.15. The molecule has 17 heavy (non-hydrogen) atoms. The number of carboxylic acids is 1. The minimum Gasteiger partial charge on any atom is -0.493 e. The van der Waals surface area contributed by atoms with E-state index in [9.17, 15) is 9.18 Å². The van der Waals surface area contributed by atoms with E-state index in [1.54, 1.807) is 0 Å². The number of aliphatic carboxylic acids is 1. The molecule has 0 radical (unpaired) electrons. The van der Waals surface area contributed by atoms with Crippen molar-refractivity contribution < 1.29 is 23.8 Å². The van der Waals surface area contributed by atoms with Crippen molar-refractivity contribution in [3.05, 3.63) is 21.9 Å². The number of hydrogen-bond acceptors (Lipinski definition) is 3. The van der Waals surface area contributed by atoms with Gasteiger partial charge in [-0.1, -0.05) is 0 Å². The molecule has 0 saturated carbocycles. The molecule has 0 aromatic heterocycles. The van der Waals surface area contributed by atoms with Gasteiger partial charge in [-0.3, -0.25) is 4.79 Å². The van der Waals surface area contributed by atoms with Gasteiger partial charge < -0.3 is 14.6 Å². The lowest BCUT2D eigenvalue weighted by molar-refractivity contribution is -0.136. The topological polar surface area (TPSA) is 55.8 Å². The Morgan fingerprint density at radius 1 is 1.47 bits per heavy atom. The molecule has 0 fully saturated rings. The number of hydrogen-bond donors (Lipinski definition) is 1. The summed E-state index contributed by atoms with van der Waals surface area (Å²) in [5.74, 6) is -0.885. The van der Waals surface area contributed by atoms with E-state index >= 15 is 0 Å². The Hall–Kier alpha value is -1.30. The molecule has 0 saturated heterocycles. The second kappa shape index (κ2) is 5.86. The summed E-state index contributed by atoms with van der Waals surface area (Å²) in [7, 11) is 2.84. The molecule has 1 aromatic carbocycles. The smallest absolute Gasteiger partial charge is 0.303 e. The van der Waals surface area contributed by atoms with Crippen LogP contribution in [0.25, 0.3) is 0 Å². The van der Waals surface area contributed by atoms with Crippen LogP contribution in [-0.4, -0.2) is 25.3 Å². The summed E-state index contributed by atoms with van der Waals surface area (Å²) in [6.07, 6.45) is -0.0427. The van der Waals surface area contributed by atoms with E-state index in [-0.39, 0.29) is 28.6 Å². The van der Waals surface area contributed by atoms with Gasteiger partial charge in [0.25, 0.3) is 0 Å². The minimum atomic E-state index is -0.977. The maximum absolute atomic E-state index is 13.8. The van der Waals surface area contributed by atoms with Crippen molar-refractivity contribution >= 4 is 21.9 Å². The molecule has 0 amide bonds. The summed E-state index contributed by atoms with van der Waals surface area (Å²) in [4.78, 5) is 10.5. The summed E-state index contributed by atoms with van der Waals surface area (Å²) >= 11 is 3.06. The monoisotopic (exact) mass is 306 g/mol. The molecular formula is C11H12BrFO4. The Morgan fingerprint density at radius 3 is 2.59 bits per heavy atom. The molecule has 94 valence electrons. The van der Waals surface area contributed by atoms with E-state index in [1.807, 2.05) is 0 Å². The van der Waals surface area contributed by atoms with E-state index in [1.165, 1.54) is 20.3 Å². The predicted octanol–water partition coefficient (Wildman–Crippen LogP) is 2.62. The molecule has 6 heteroatoms. The highest BCUT2D eigenvalue weighted by Crippen LogP contribution is 2.39. The summed E-state index contributed by atoms with van der Waals surface area (Å²) < 4.78 is 24.0. The van der Waals surface area contributed by atoms with Crippen LogP contribution in [0.3, 0.4) is 0 Å². The van der Waals surface area contributed by atoms with Crippen molar-refractivity contribution in [1.29, 1.82) is 0 Å². The zero-order valence-corrected chi connectivity index (χ0v) is 11.0. The molecule has 0 heterocycles. The maximum Gasteiger partial charge on any atom is 0.303 e. The minimum absolute atomic E-state index is 0.0973. The number of halogens is 2. The van der Waals surface area contributed by atoms with Crippen LogP contribution < -0.4 is 9.47 Å². The van der Waals surface area contributed by atoms with E-state index in [0.29, 0.717) is 5.75 Å². The average Bonchev–Trinajstić information content (AvgIpc) is 2.30. The maximum atomic E-state index is 13.8. The Bertz CT molecular complexity index is 434. The summed E-state index contributed by atoms with van der Waals surface area (Å²) in [5, 5.41) is 8.57. The molecule has 1 N–H and O–H groups in total. The van der Waals surface area contributed by atoms with Crippen molar-refractivity contribution in [2.75, 3.05) is 14.2 Å². The van der Waals surface area contributed by atoms with Gasteiger partial charge in [0, 0.05) is 6.42 Å². The van der Waals surface area contributed by atoms with Crippen molar-refractivity contribution in [3.8, 4) is 11.5 Å². The van der Waals surface area contributed by atoms with E-state index in [4.69, 9.17) is 14.6 Å². The third-order valence-electron chi connectivity index (χ3n) is 2.24. The van der Waals surface area contributed by atoms with Crippen LogP contribution in [0.2, 0.25) is 0 Å². The van der Waals surface area contributed by atoms with Gasteiger partial charge in [-0.25, -0.2) is 4.39 Å². The van der Waals surface area contributed by atoms with Gasteiger partial charge in [-0.15, -0.1) is 0 Å². The lowest BCUT2D eigenvalue weighted by Crippen LogP contribution is -2.02. The van der Waals surface area contributed by atoms with Gasteiger partial charge in [-0.05, 0) is 34.0 Å². The Kier molecular flexibility index (Phi) is 4.74. The molecule has 1 aromatic rings. The lowest BCUT2D eigenvalue weighted by Gasteiger charge is -2.13. The van der Waals surface area contributed by atoms with E-state index in [0.717, 1.165) is 0 Å². The highest BCUT2D eigenvalue weighted by atomic mass is 79.9. The molecular weight excluding hydrogens is 295 g/mol. The van der Waals surface area contributed by atoms with Crippen LogP contribution in [0.5, 0.6) is 11.5 Å². The van der Waals surface area contributed by atoms with Crippen molar-refractivity contribution in [1.82, 2.24) is 0 Å². The molecule has 0 bridgehead atoms. The third kappa shape index (κ3) is 3.09. The number of rotatable bonds is 5. The number of carboxylic acid groups (broad SMARTS) is 1. The van der Waals surface area contributed by atoms with Crippen LogP contribution in [0.1, 0.15) is 12.0 Å². The molecule has 0 aliphatic heterocycles. The quantitative estimate of drug-likeness (QED) is 0.908. The number of benzene rings is 1. The summed E-state index contributed by atoms with van der Waals surface area (Å²) in [5.41, 5.74) is 0.275. The van der Waals surface area contributed by atoms with Gasteiger partial charge >= 0.3 is 5.97 Å². The number of ether oxygens (including phenoxy) is 2. The van der Waals surface area contributed by atoms with Crippen LogP contribution in [0, 0.1) is 5.82 Å². The largest absolute Gasteiger partial charge is 0.493 e. The first kappa shape index (κ1) is 13.8. The predicted molar refractivity (Wildman–Crippen MR) is 63.2 cm³/mol. The fraction of sp³-hybridized carbons (Fsp3) is 0.364. The molecule has 0 atom stereocenters. The third-order valence-corrected chi connectivity index (χ3v) is 2.94. The molecule has 0 aliphatic carbocycles. The Labute approximate surface area is 106 Å². The van der Waals surface area contributed by atoms with Crippen molar-refractivity contribution in [2.45, 2.75) is 12.8 Å². The molecule has 0 unspecified atom stereocenters. The summed E-state index contributed by atoms with van der Waals surface area (Å²) in [6.45, 7) is 0. The van der Waals surface area contributed by atoms with Crippen LogP contribution in [0.4, 0.5) is 4.39 Å². The molecule has 4 nitrogen and oxygen atoms in total. The molecule has 0 aliphatic rings. The van der Waals surface area contributed by atoms with Crippen molar-refractivity contribution in [3.63, 3.8) is 0 Å². The fourth-order valence-corrected chi connectivity index (χ4v) is 2.01.